The molecule has 0 radical (unpaired) electrons. The van der Waals surface area contributed by atoms with Crippen molar-refractivity contribution in [1.82, 2.24) is 0 Å². The van der Waals surface area contributed by atoms with Crippen LogP contribution in [0.25, 0.3) is 0 Å². The zero-order chi connectivity index (χ0) is 11.1. The largest absolute Gasteiger partial charge is 0.399 e. The molecule has 0 saturated carbocycles. The van der Waals surface area contributed by atoms with Gasteiger partial charge in [0, 0.05) is 18.5 Å². The summed E-state index contributed by atoms with van der Waals surface area (Å²) in [6.07, 6.45) is 4.53. The number of benzene rings is 1. The Bertz CT molecular complexity index is 344. The van der Waals surface area contributed by atoms with E-state index in [2.05, 4.69) is 6.58 Å². The van der Waals surface area contributed by atoms with Gasteiger partial charge in [-0.05, 0) is 30.5 Å². The number of rotatable bonds is 6. The molecule has 0 aromatic heterocycles. The topological polar surface area (TPSA) is 43.1 Å². The van der Waals surface area contributed by atoms with Crippen LogP contribution in [0.3, 0.4) is 0 Å². The number of hydrogen-bond acceptors (Lipinski definition) is 2. The second-order valence-electron chi connectivity index (χ2n) is 3.61. The lowest BCUT2D eigenvalue weighted by Gasteiger charge is -2.01. The van der Waals surface area contributed by atoms with Gasteiger partial charge in [0.15, 0.2) is 0 Å². The predicted octanol–water partition coefficient (Wildman–Crippen LogP) is 2.74. The van der Waals surface area contributed by atoms with Crippen molar-refractivity contribution >= 4 is 11.5 Å². The van der Waals surface area contributed by atoms with Gasteiger partial charge in [-0.15, -0.1) is 6.58 Å². The molecule has 2 nitrogen and oxygen atoms in total. The number of Topliss-reactive ketones (excluding diaryl/α,β-unsaturated/α-hetero) is 1. The van der Waals surface area contributed by atoms with Crippen molar-refractivity contribution in [3.63, 3.8) is 0 Å². The fourth-order valence-corrected chi connectivity index (χ4v) is 1.42. The smallest absolute Gasteiger partial charge is 0.133 e. The van der Waals surface area contributed by atoms with Crippen LogP contribution in [0.1, 0.15) is 24.8 Å². The first kappa shape index (κ1) is 11.5. The van der Waals surface area contributed by atoms with E-state index in [1.54, 1.807) is 6.08 Å². The Morgan fingerprint density at radius 1 is 1.40 bits per heavy atom. The van der Waals surface area contributed by atoms with Gasteiger partial charge in [-0.3, -0.25) is 4.79 Å². The zero-order valence-electron chi connectivity index (χ0n) is 8.91. The van der Waals surface area contributed by atoms with Gasteiger partial charge < -0.3 is 5.73 Å². The van der Waals surface area contributed by atoms with Crippen LogP contribution in [-0.4, -0.2) is 5.78 Å². The van der Waals surface area contributed by atoms with Crippen LogP contribution < -0.4 is 5.73 Å². The van der Waals surface area contributed by atoms with Gasteiger partial charge in [-0.2, -0.15) is 0 Å². The highest BCUT2D eigenvalue weighted by Crippen LogP contribution is 2.09. The molecule has 2 heteroatoms. The second-order valence-corrected chi connectivity index (χ2v) is 3.61. The Hall–Kier alpha value is -1.57. The number of aryl methyl sites for hydroxylation is 1. The molecule has 0 aliphatic carbocycles. The summed E-state index contributed by atoms with van der Waals surface area (Å²) in [5, 5.41) is 0. The zero-order valence-corrected chi connectivity index (χ0v) is 8.91. The molecule has 1 aromatic carbocycles. The molecule has 0 aliphatic heterocycles. The molecule has 0 fully saturated rings. The number of nitrogen functional groups attached to an aromatic ring is 1. The molecule has 2 N–H and O–H groups in total. The van der Waals surface area contributed by atoms with E-state index in [9.17, 15) is 4.79 Å². The lowest BCUT2D eigenvalue weighted by molar-refractivity contribution is -0.118. The average Bonchev–Trinajstić information content (AvgIpc) is 2.23. The van der Waals surface area contributed by atoms with E-state index in [0.29, 0.717) is 12.8 Å². The van der Waals surface area contributed by atoms with Gasteiger partial charge in [-0.1, -0.05) is 18.2 Å². The first-order valence-electron chi connectivity index (χ1n) is 5.19. The normalized spacial score (nSPS) is 9.87. The lowest BCUT2D eigenvalue weighted by atomic mass is 10.0. The van der Waals surface area contributed by atoms with Crippen LogP contribution in [0.15, 0.2) is 36.9 Å². The Morgan fingerprint density at radius 2 is 2.20 bits per heavy atom. The summed E-state index contributed by atoms with van der Waals surface area (Å²) in [6, 6.07) is 7.68. The van der Waals surface area contributed by atoms with Crippen molar-refractivity contribution in [2.24, 2.45) is 0 Å². The Balaban J connectivity index is 2.36. The predicted molar refractivity (Wildman–Crippen MR) is 63.6 cm³/mol. The van der Waals surface area contributed by atoms with Gasteiger partial charge in [0.2, 0.25) is 0 Å². The van der Waals surface area contributed by atoms with Crippen molar-refractivity contribution in [1.29, 1.82) is 0 Å². The molecule has 0 bridgehead atoms. The number of nitrogens with two attached hydrogens (primary N) is 1. The number of anilines is 1. The molecule has 0 unspecified atom stereocenters. The maximum absolute atomic E-state index is 11.4. The van der Waals surface area contributed by atoms with Gasteiger partial charge in [0.05, 0.1) is 0 Å². The second kappa shape index (κ2) is 6.02. The van der Waals surface area contributed by atoms with Gasteiger partial charge in [-0.25, -0.2) is 0 Å². The highest BCUT2D eigenvalue weighted by Gasteiger charge is 2.01. The SMILES string of the molecule is C=CCCC(=O)CCc1cccc(N)c1. The summed E-state index contributed by atoms with van der Waals surface area (Å²) in [5.41, 5.74) is 7.53. The molecule has 15 heavy (non-hydrogen) atoms. The summed E-state index contributed by atoms with van der Waals surface area (Å²) in [7, 11) is 0. The van der Waals surface area contributed by atoms with Crippen molar-refractivity contribution in [2.45, 2.75) is 25.7 Å². The molecule has 0 atom stereocenters. The molecule has 0 aliphatic rings. The molecular formula is C13H17NO. The van der Waals surface area contributed by atoms with Crippen LogP contribution in [0.5, 0.6) is 0 Å². The molecule has 80 valence electrons. The van der Waals surface area contributed by atoms with E-state index >= 15 is 0 Å². The Labute approximate surface area is 90.8 Å². The first-order valence-corrected chi connectivity index (χ1v) is 5.19. The van der Waals surface area contributed by atoms with Gasteiger partial charge in [0.25, 0.3) is 0 Å². The third-order valence-electron chi connectivity index (χ3n) is 2.27. The minimum Gasteiger partial charge on any atom is -0.399 e. The summed E-state index contributed by atoms with van der Waals surface area (Å²) < 4.78 is 0. The quantitative estimate of drug-likeness (QED) is 0.570. The average molecular weight is 203 g/mol. The highest BCUT2D eigenvalue weighted by molar-refractivity contribution is 5.78. The number of hydrogen-bond donors (Lipinski definition) is 1. The third kappa shape index (κ3) is 4.45. The highest BCUT2D eigenvalue weighted by atomic mass is 16.1. The molecular weight excluding hydrogens is 186 g/mol. The fraction of sp³-hybridized carbons (Fsp3) is 0.308. The van der Waals surface area contributed by atoms with Gasteiger partial charge in [0.1, 0.15) is 5.78 Å². The van der Waals surface area contributed by atoms with Crippen molar-refractivity contribution in [2.75, 3.05) is 5.73 Å². The Morgan fingerprint density at radius 3 is 2.87 bits per heavy atom. The maximum atomic E-state index is 11.4. The van der Waals surface area contributed by atoms with E-state index in [1.165, 1.54) is 0 Å². The maximum Gasteiger partial charge on any atom is 0.133 e. The molecule has 0 saturated heterocycles. The van der Waals surface area contributed by atoms with Crippen molar-refractivity contribution in [3.05, 3.63) is 42.5 Å². The molecule has 1 aromatic rings. The van der Waals surface area contributed by atoms with Gasteiger partial charge >= 0.3 is 0 Å². The van der Waals surface area contributed by atoms with E-state index in [0.717, 1.165) is 24.1 Å². The summed E-state index contributed by atoms with van der Waals surface area (Å²) in [4.78, 5) is 11.4. The van der Waals surface area contributed by atoms with Crippen LogP contribution in [0.4, 0.5) is 5.69 Å². The van der Waals surface area contributed by atoms with Crippen molar-refractivity contribution in [3.8, 4) is 0 Å². The van der Waals surface area contributed by atoms with E-state index in [-0.39, 0.29) is 5.78 Å². The van der Waals surface area contributed by atoms with Crippen LogP contribution in [-0.2, 0) is 11.2 Å². The standard InChI is InChI=1S/C13H17NO/c1-2-3-7-13(15)9-8-11-5-4-6-12(14)10-11/h2,4-6,10H,1,3,7-9,14H2. The van der Waals surface area contributed by atoms with Crippen LogP contribution in [0.2, 0.25) is 0 Å². The number of carbonyl (C=O) groups is 1. The van der Waals surface area contributed by atoms with E-state index in [4.69, 9.17) is 5.73 Å². The van der Waals surface area contributed by atoms with Crippen LogP contribution >= 0.6 is 0 Å². The molecule has 0 heterocycles. The fourth-order valence-electron chi connectivity index (χ4n) is 1.42. The summed E-state index contributed by atoms with van der Waals surface area (Å²) >= 11 is 0. The molecule has 0 amide bonds. The molecule has 1 rings (SSSR count). The minimum atomic E-state index is 0.289. The Kier molecular flexibility index (Phi) is 4.61. The van der Waals surface area contributed by atoms with E-state index in [1.807, 2.05) is 24.3 Å². The van der Waals surface area contributed by atoms with E-state index < -0.39 is 0 Å². The summed E-state index contributed by atoms with van der Waals surface area (Å²) in [5.74, 6) is 0.289. The first-order chi connectivity index (χ1) is 7.22. The lowest BCUT2D eigenvalue weighted by Crippen LogP contribution is -1.99. The number of ketones is 1. The van der Waals surface area contributed by atoms with Crippen LogP contribution in [0, 0.1) is 0 Å². The number of allylic oxidation sites excluding steroid dienone is 1. The third-order valence-corrected chi connectivity index (χ3v) is 2.27. The molecule has 0 spiro atoms. The monoisotopic (exact) mass is 203 g/mol. The number of carbonyl (C=O) groups excluding carboxylic acids is 1. The van der Waals surface area contributed by atoms with Crippen molar-refractivity contribution < 1.29 is 4.79 Å². The minimum absolute atomic E-state index is 0.289. The summed E-state index contributed by atoms with van der Waals surface area (Å²) in [6.45, 7) is 3.59.